The van der Waals surface area contributed by atoms with Crippen LogP contribution in [-0.2, 0) is 9.59 Å². The zero-order valence-electron chi connectivity index (χ0n) is 8.35. The molecule has 0 aromatic carbocycles. The predicted octanol–water partition coefficient (Wildman–Crippen LogP) is -1.43. The van der Waals surface area contributed by atoms with Gasteiger partial charge in [0.1, 0.15) is 0 Å². The maximum absolute atomic E-state index is 11.9. The van der Waals surface area contributed by atoms with Crippen molar-refractivity contribution in [1.82, 2.24) is 10.2 Å². The van der Waals surface area contributed by atoms with E-state index in [9.17, 15) is 9.59 Å². The Balaban J connectivity index is 1.78. The third kappa shape index (κ3) is 1.10. The van der Waals surface area contributed by atoms with Crippen LogP contribution in [0.15, 0.2) is 0 Å². The van der Waals surface area contributed by atoms with Crippen molar-refractivity contribution in [1.29, 1.82) is 0 Å². The second-order valence-electron chi connectivity index (χ2n) is 4.59. The zero-order valence-corrected chi connectivity index (χ0v) is 8.35. The highest BCUT2D eigenvalue weighted by Crippen LogP contribution is 2.53. The third-order valence-corrected chi connectivity index (χ3v) is 3.82. The summed E-state index contributed by atoms with van der Waals surface area (Å²) in [7, 11) is 0. The Kier molecular flexibility index (Phi) is 1.87. The van der Waals surface area contributed by atoms with E-state index < -0.39 is 0 Å². The molecule has 0 bridgehead atoms. The van der Waals surface area contributed by atoms with E-state index in [4.69, 9.17) is 5.11 Å². The van der Waals surface area contributed by atoms with Gasteiger partial charge in [-0.2, -0.15) is 0 Å². The summed E-state index contributed by atoms with van der Waals surface area (Å²) in [6.45, 7) is 1.56. The molecule has 5 heteroatoms. The Hall–Kier alpha value is -0.940. The van der Waals surface area contributed by atoms with Crippen molar-refractivity contribution in [3.05, 3.63) is 0 Å². The van der Waals surface area contributed by atoms with E-state index >= 15 is 0 Å². The molecule has 2 amide bonds. The molecule has 1 saturated carbocycles. The quantitative estimate of drug-likeness (QED) is 0.548. The Bertz CT molecular complexity index is 303. The molecule has 3 aliphatic rings. The van der Waals surface area contributed by atoms with Gasteiger partial charge >= 0.3 is 0 Å². The van der Waals surface area contributed by atoms with Crippen LogP contribution in [0.5, 0.6) is 0 Å². The highest BCUT2D eigenvalue weighted by molar-refractivity contribution is 6.09. The topological polar surface area (TPSA) is 69.6 Å². The SMILES string of the molecule is O=C1C2C(CO)C2C(=O)N1C1CCNC1. The number of likely N-dealkylation sites (tertiary alicyclic amines) is 1. The normalized spacial score (nSPS) is 43.7. The molecule has 3 unspecified atom stereocenters. The van der Waals surface area contributed by atoms with Gasteiger partial charge in [0, 0.05) is 19.1 Å². The highest BCUT2D eigenvalue weighted by atomic mass is 16.3. The third-order valence-electron chi connectivity index (χ3n) is 3.82. The molecule has 5 nitrogen and oxygen atoms in total. The number of fused-ring (bicyclic) bond motifs is 1. The predicted molar refractivity (Wildman–Crippen MR) is 50.7 cm³/mol. The number of piperidine rings is 1. The van der Waals surface area contributed by atoms with Crippen molar-refractivity contribution in [3.8, 4) is 0 Å². The van der Waals surface area contributed by atoms with Crippen LogP contribution < -0.4 is 5.32 Å². The molecule has 2 aliphatic heterocycles. The van der Waals surface area contributed by atoms with Crippen LogP contribution in [-0.4, -0.2) is 47.6 Å². The van der Waals surface area contributed by atoms with Gasteiger partial charge in [-0.1, -0.05) is 0 Å². The molecule has 0 spiro atoms. The number of carbonyl (C=O) groups is 2. The first kappa shape index (κ1) is 9.30. The molecule has 2 N–H and O–H groups in total. The summed E-state index contributed by atoms with van der Waals surface area (Å²) >= 11 is 0. The first-order chi connectivity index (χ1) is 7.25. The Labute approximate surface area is 87.4 Å². The largest absolute Gasteiger partial charge is 0.396 e. The molecule has 3 atom stereocenters. The minimum atomic E-state index is -0.205. The van der Waals surface area contributed by atoms with Gasteiger partial charge in [-0.05, 0) is 13.0 Å². The highest BCUT2D eigenvalue weighted by Gasteiger charge is 2.67. The zero-order chi connectivity index (χ0) is 10.6. The fourth-order valence-corrected chi connectivity index (χ4v) is 2.92. The number of imide groups is 1. The van der Waals surface area contributed by atoms with E-state index in [2.05, 4.69) is 5.32 Å². The summed E-state index contributed by atoms with van der Waals surface area (Å²) in [4.78, 5) is 25.2. The van der Waals surface area contributed by atoms with Gasteiger partial charge < -0.3 is 10.4 Å². The van der Waals surface area contributed by atoms with Crippen LogP contribution >= 0.6 is 0 Å². The van der Waals surface area contributed by atoms with Crippen molar-refractivity contribution in [2.45, 2.75) is 12.5 Å². The fourth-order valence-electron chi connectivity index (χ4n) is 2.92. The van der Waals surface area contributed by atoms with Crippen molar-refractivity contribution < 1.29 is 14.7 Å². The van der Waals surface area contributed by atoms with Gasteiger partial charge in [0.2, 0.25) is 11.8 Å². The lowest BCUT2D eigenvalue weighted by molar-refractivity contribution is -0.144. The molecular formula is C10H14N2O3. The monoisotopic (exact) mass is 210 g/mol. The molecule has 15 heavy (non-hydrogen) atoms. The summed E-state index contributed by atoms with van der Waals surface area (Å²) in [5, 5.41) is 12.1. The average molecular weight is 210 g/mol. The van der Waals surface area contributed by atoms with Gasteiger partial charge in [-0.3, -0.25) is 14.5 Å². The van der Waals surface area contributed by atoms with Crippen LogP contribution in [0.2, 0.25) is 0 Å². The molecule has 1 aliphatic carbocycles. The van der Waals surface area contributed by atoms with Crippen molar-refractivity contribution in [2.24, 2.45) is 17.8 Å². The van der Waals surface area contributed by atoms with E-state index in [1.54, 1.807) is 0 Å². The Morgan fingerprint density at radius 2 is 2.00 bits per heavy atom. The first-order valence-corrected chi connectivity index (χ1v) is 5.44. The van der Waals surface area contributed by atoms with Crippen LogP contribution in [0.1, 0.15) is 6.42 Å². The lowest BCUT2D eigenvalue weighted by Crippen LogP contribution is -2.44. The molecule has 3 rings (SSSR count). The van der Waals surface area contributed by atoms with Crippen molar-refractivity contribution >= 4 is 11.8 Å². The number of aliphatic hydroxyl groups is 1. The van der Waals surface area contributed by atoms with Gasteiger partial charge in [0.25, 0.3) is 0 Å². The number of carbonyl (C=O) groups excluding carboxylic acids is 2. The molecule has 2 heterocycles. The Morgan fingerprint density at radius 1 is 1.33 bits per heavy atom. The number of hydrogen-bond acceptors (Lipinski definition) is 4. The second-order valence-corrected chi connectivity index (χ2v) is 4.59. The standard InChI is InChI=1S/C10H14N2O3/c13-4-6-7-8(6)10(15)12(9(7)14)5-1-2-11-3-5/h5-8,11,13H,1-4H2. The van der Waals surface area contributed by atoms with Crippen molar-refractivity contribution in [2.75, 3.05) is 19.7 Å². The second kappa shape index (κ2) is 3.02. The van der Waals surface area contributed by atoms with Gasteiger partial charge in [0.05, 0.1) is 17.9 Å². The molecule has 0 radical (unpaired) electrons. The van der Waals surface area contributed by atoms with Crippen LogP contribution in [0, 0.1) is 17.8 Å². The molecule has 0 aromatic heterocycles. The van der Waals surface area contributed by atoms with E-state index in [1.807, 2.05) is 0 Å². The Morgan fingerprint density at radius 3 is 2.47 bits per heavy atom. The van der Waals surface area contributed by atoms with E-state index in [1.165, 1.54) is 4.90 Å². The summed E-state index contributed by atoms with van der Waals surface area (Å²) < 4.78 is 0. The van der Waals surface area contributed by atoms with Gasteiger partial charge in [0.15, 0.2) is 0 Å². The van der Waals surface area contributed by atoms with E-state index in [-0.39, 0.29) is 42.2 Å². The molecule has 2 saturated heterocycles. The molecule has 82 valence electrons. The number of nitrogens with one attached hydrogen (secondary N) is 1. The van der Waals surface area contributed by atoms with Crippen LogP contribution in [0.3, 0.4) is 0 Å². The minimum absolute atomic E-state index is 0.0381. The summed E-state index contributed by atoms with van der Waals surface area (Å²) in [6, 6.07) is 0.0529. The molecule has 0 aromatic rings. The maximum atomic E-state index is 11.9. The summed E-state index contributed by atoms with van der Waals surface area (Å²) in [5.41, 5.74) is 0. The number of rotatable bonds is 2. The van der Waals surface area contributed by atoms with Crippen molar-refractivity contribution in [3.63, 3.8) is 0 Å². The number of hydrogen-bond donors (Lipinski definition) is 2. The van der Waals surface area contributed by atoms with E-state index in [0.717, 1.165) is 19.5 Å². The summed E-state index contributed by atoms with van der Waals surface area (Å²) in [5.74, 6) is -0.614. The number of nitrogens with zero attached hydrogens (tertiary/aromatic N) is 1. The van der Waals surface area contributed by atoms with Gasteiger partial charge in [-0.25, -0.2) is 0 Å². The molecule has 3 fully saturated rings. The smallest absolute Gasteiger partial charge is 0.233 e. The average Bonchev–Trinajstić information content (AvgIpc) is 2.60. The fraction of sp³-hybridized carbons (Fsp3) is 0.800. The number of amides is 2. The van der Waals surface area contributed by atoms with Crippen LogP contribution in [0.25, 0.3) is 0 Å². The summed E-state index contributed by atoms with van der Waals surface area (Å²) in [6.07, 6.45) is 0.862. The van der Waals surface area contributed by atoms with E-state index in [0.29, 0.717) is 0 Å². The maximum Gasteiger partial charge on any atom is 0.233 e. The van der Waals surface area contributed by atoms with Crippen LogP contribution in [0.4, 0.5) is 0 Å². The molecular weight excluding hydrogens is 196 g/mol. The lowest BCUT2D eigenvalue weighted by atomic mass is 10.2. The first-order valence-electron chi connectivity index (χ1n) is 5.44. The van der Waals surface area contributed by atoms with Gasteiger partial charge in [-0.15, -0.1) is 0 Å². The minimum Gasteiger partial charge on any atom is -0.396 e. The lowest BCUT2D eigenvalue weighted by Gasteiger charge is -2.23. The number of aliphatic hydroxyl groups excluding tert-OH is 1.